The van der Waals surface area contributed by atoms with Gasteiger partial charge in [0.2, 0.25) is 5.91 Å². The van der Waals surface area contributed by atoms with E-state index in [-0.39, 0.29) is 18.1 Å². The third-order valence-corrected chi connectivity index (χ3v) is 2.45. The van der Waals surface area contributed by atoms with E-state index >= 15 is 0 Å². The van der Waals surface area contributed by atoms with Crippen LogP contribution in [0.3, 0.4) is 0 Å². The lowest BCUT2D eigenvalue weighted by atomic mass is 10.1. The highest BCUT2D eigenvalue weighted by atomic mass is 16.5. The van der Waals surface area contributed by atoms with Crippen LogP contribution in [0.25, 0.3) is 0 Å². The molecule has 2 atom stereocenters. The van der Waals surface area contributed by atoms with E-state index in [0.29, 0.717) is 6.54 Å². The van der Waals surface area contributed by atoms with Crippen LogP contribution in [-0.4, -0.2) is 37.7 Å². The van der Waals surface area contributed by atoms with E-state index in [1.807, 2.05) is 13.8 Å². The lowest BCUT2D eigenvalue weighted by molar-refractivity contribution is -0.121. The predicted molar refractivity (Wildman–Crippen MR) is 55.1 cm³/mol. The fourth-order valence-corrected chi connectivity index (χ4v) is 1.63. The Balaban J connectivity index is 2.18. The molecule has 1 aliphatic rings. The van der Waals surface area contributed by atoms with E-state index < -0.39 is 0 Å². The maximum Gasteiger partial charge on any atom is 0.234 e. The Hall–Kier alpha value is -0.610. The highest BCUT2D eigenvalue weighted by Gasteiger charge is 2.23. The van der Waals surface area contributed by atoms with Gasteiger partial charge in [-0.05, 0) is 26.3 Å². The Kier molecular flexibility index (Phi) is 4.90. The third kappa shape index (κ3) is 3.64. The topological polar surface area (TPSA) is 50.4 Å². The van der Waals surface area contributed by atoms with Crippen molar-refractivity contribution < 1.29 is 9.53 Å². The number of hydrogen-bond acceptors (Lipinski definition) is 3. The first-order valence-corrected chi connectivity index (χ1v) is 5.35. The number of hydrogen-bond donors (Lipinski definition) is 2. The first-order valence-electron chi connectivity index (χ1n) is 5.35. The van der Waals surface area contributed by atoms with Crippen LogP contribution < -0.4 is 10.6 Å². The summed E-state index contributed by atoms with van der Waals surface area (Å²) in [5.41, 5.74) is 0. The largest absolute Gasteiger partial charge is 0.376 e. The minimum absolute atomic E-state index is 0.0508. The molecule has 0 aliphatic carbocycles. The Morgan fingerprint density at radius 1 is 1.64 bits per heavy atom. The molecule has 0 saturated carbocycles. The molecule has 82 valence electrons. The van der Waals surface area contributed by atoms with Crippen molar-refractivity contribution in [1.29, 1.82) is 0 Å². The lowest BCUT2D eigenvalue weighted by Gasteiger charge is -2.19. The van der Waals surface area contributed by atoms with Crippen molar-refractivity contribution in [2.45, 2.75) is 38.8 Å². The van der Waals surface area contributed by atoms with Crippen molar-refractivity contribution in [3.63, 3.8) is 0 Å². The highest BCUT2D eigenvalue weighted by Crippen LogP contribution is 2.14. The molecule has 1 heterocycles. The van der Waals surface area contributed by atoms with Crippen LogP contribution in [0.5, 0.6) is 0 Å². The van der Waals surface area contributed by atoms with Gasteiger partial charge in [0, 0.05) is 6.61 Å². The zero-order valence-corrected chi connectivity index (χ0v) is 9.01. The van der Waals surface area contributed by atoms with Crippen LogP contribution in [0.4, 0.5) is 0 Å². The van der Waals surface area contributed by atoms with Crippen molar-refractivity contribution in [1.82, 2.24) is 10.6 Å². The molecule has 0 spiro atoms. The highest BCUT2D eigenvalue weighted by molar-refractivity contribution is 5.78. The molecule has 2 N–H and O–H groups in total. The van der Waals surface area contributed by atoms with Gasteiger partial charge in [0.05, 0.1) is 18.7 Å². The van der Waals surface area contributed by atoms with Gasteiger partial charge in [-0.3, -0.25) is 4.79 Å². The number of carbonyl (C=O) groups excluding carboxylic acids is 1. The summed E-state index contributed by atoms with van der Waals surface area (Å²) in [6, 6.07) is 0.128. The zero-order chi connectivity index (χ0) is 10.4. The van der Waals surface area contributed by atoms with Gasteiger partial charge in [-0.1, -0.05) is 6.92 Å². The molecule has 0 aromatic carbocycles. The molecule has 4 nitrogen and oxygen atoms in total. The fraction of sp³-hybridized carbons (Fsp3) is 0.900. The average Bonchev–Trinajstić information content (AvgIpc) is 2.67. The third-order valence-electron chi connectivity index (χ3n) is 2.45. The standard InChI is InChI=1S/C10H20N2O2/c1-3-11-7-10(13)12-8(2)9-5-4-6-14-9/h8-9,11H,3-7H2,1-2H3,(H,12,13). The molecular formula is C10H20N2O2. The summed E-state index contributed by atoms with van der Waals surface area (Å²) in [6.07, 6.45) is 2.38. The molecule has 1 amide bonds. The van der Waals surface area contributed by atoms with Crippen LogP contribution in [0.2, 0.25) is 0 Å². The van der Waals surface area contributed by atoms with E-state index in [2.05, 4.69) is 10.6 Å². The lowest BCUT2D eigenvalue weighted by Crippen LogP contribution is -2.44. The second-order valence-electron chi connectivity index (χ2n) is 3.69. The SMILES string of the molecule is CCNCC(=O)NC(C)C1CCCO1. The summed E-state index contributed by atoms with van der Waals surface area (Å²) in [4.78, 5) is 11.3. The maximum absolute atomic E-state index is 11.3. The molecule has 1 aliphatic heterocycles. The van der Waals surface area contributed by atoms with Gasteiger partial charge in [-0.25, -0.2) is 0 Å². The van der Waals surface area contributed by atoms with Crippen molar-refractivity contribution in [3.8, 4) is 0 Å². The molecule has 0 radical (unpaired) electrons. The van der Waals surface area contributed by atoms with Gasteiger partial charge >= 0.3 is 0 Å². The Morgan fingerprint density at radius 2 is 2.43 bits per heavy atom. The first-order chi connectivity index (χ1) is 6.74. The smallest absolute Gasteiger partial charge is 0.234 e. The molecular weight excluding hydrogens is 180 g/mol. The summed E-state index contributed by atoms with van der Waals surface area (Å²) in [7, 11) is 0. The summed E-state index contributed by atoms with van der Waals surface area (Å²) in [5, 5.41) is 5.92. The van der Waals surface area contributed by atoms with E-state index in [4.69, 9.17) is 4.74 Å². The molecule has 14 heavy (non-hydrogen) atoms. The maximum atomic E-state index is 11.3. The number of carbonyl (C=O) groups is 1. The van der Waals surface area contributed by atoms with E-state index in [0.717, 1.165) is 26.0 Å². The first kappa shape index (κ1) is 11.5. The van der Waals surface area contributed by atoms with Gasteiger partial charge in [0.1, 0.15) is 0 Å². The normalized spacial score (nSPS) is 23.4. The minimum atomic E-state index is 0.0508. The zero-order valence-electron chi connectivity index (χ0n) is 9.01. The molecule has 1 fully saturated rings. The Bertz CT molecular complexity index is 179. The quantitative estimate of drug-likeness (QED) is 0.670. The predicted octanol–water partition coefficient (Wildman–Crippen LogP) is 0.280. The monoisotopic (exact) mass is 200 g/mol. The Labute approximate surface area is 85.4 Å². The number of nitrogens with one attached hydrogen (secondary N) is 2. The summed E-state index contributed by atoms with van der Waals surface area (Å²) >= 11 is 0. The van der Waals surface area contributed by atoms with Crippen molar-refractivity contribution >= 4 is 5.91 Å². The average molecular weight is 200 g/mol. The van der Waals surface area contributed by atoms with Gasteiger partial charge in [0.25, 0.3) is 0 Å². The molecule has 0 aromatic rings. The van der Waals surface area contributed by atoms with E-state index in [1.165, 1.54) is 0 Å². The van der Waals surface area contributed by atoms with Crippen LogP contribution >= 0.6 is 0 Å². The number of rotatable bonds is 5. The fourth-order valence-electron chi connectivity index (χ4n) is 1.63. The Morgan fingerprint density at radius 3 is 3.00 bits per heavy atom. The minimum Gasteiger partial charge on any atom is -0.376 e. The second kappa shape index (κ2) is 5.98. The molecule has 2 unspecified atom stereocenters. The van der Waals surface area contributed by atoms with Crippen molar-refractivity contribution in [2.75, 3.05) is 19.7 Å². The van der Waals surface area contributed by atoms with Crippen LogP contribution in [0.1, 0.15) is 26.7 Å². The van der Waals surface area contributed by atoms with Gasteiger partial charge in [-0.15, -0.1) is 0 Å². The molecule has 0 aromatic heterocycles. The van der Waals surface area contributed by atoms with E-state index in [1.54, 1.807) is 0 Å². The molecule has 1 saturated heterocycles. The summed E-state index contributed by atoms with van der Waals surface area (Å²) in [5.74, 6) is 0.0508. The van der Waals surface area contributed by atoms with Crippen LogP contribution in [0.15, 0.2) is 0 Å². The molecule has 0 bridgehead atoms. The number of amides is 1. The number of ether oxygens (including phenoxy) is 1. The van der Waals surface area contributed by atoms with Crippen molar-refractivity contribution in [2.24, 2.45) is 0 Å². The summed E-state index contributed by atoms with van der Waals surface area (Å²) in [6.45, 7) is 6.03. The second-order valence-corrected chi connectivity index (χ2v) is 3.69. The van der Waals surface area contributed by atoms with Crippen molar-refractivity contribution in [3.05, 3.63) is 0 Å². The molecule has 4 heteroatoms. The molecule has 1 rings (SSSR count). The van der Waals surface area contributed by atoms with E-state index in [9.17, 15) is 4.79 Å². The van der Waals surface area contributed by atoms with Gasteiger partial charge in [-0.2, -0.15) is 0 Å². The van der Waals surface area contributed by atoms with Gasteiger partial charge in [0.15, 0.2) is 0 Å². The summed E-state index contributed by atoms with van der Waals surface area (Å²) < 4.78 is 5.48. The van der Waals surface area contributed by atoms with Gasteiger partial charge < -0.3 is 15.4 Å². The number of likely N-dealkylation sites (N-methyl/N-ethyl adjacent to an activating group) is 1. The van der Waals surface area contributed by atoms with Crippen LogP contribution in [-0.2, 0) is 9.53 Å². The van der Waals surface area contributed by atoms with Crippen LogP contribution in [0, 0.1) is 0 Å².